The summed E-state index contributed by atoms with van der Waals surface area (Å²) < 4.78 is 44.3. The van der Waals surface area contributed by atoms with Crippen molar-refractivity contribution in [3.05, 3.63) is 72.2 Å². The molecular formula is C26H32ClN3O7S. The molecule has 0 saturated carbocycles. The van der Waals surface area contributed by atoms with Crippen LogP contribution in [0.1, 0.15) is 11.3 Å². The Kier molecular flexibility index (Phi) is 11.1. The number of hydrogen-bond donors (Lipinski definition) is 2. The van der Waals surface area contributed by atoms with Crippen LogP contribution in [0.15, 0.2) is 70.2 Å². The Morgan fingerprint density at radius 2 is 1.61 bits per heavy atom. The maximum absolute atomic E-state index is 13.1. The quantitative estimate of drug-likeness (QED) is 0.243. The van der Waals surface area contributed by atoms with Crippen LogP contribution in [0.25, 0.3) is 11.1 Å². The minimum atomic E-state index is -3.57. The van der Waals surface area contributed by atoms with Crippen molar-refractivity contribution in [3.8, 4) is 16.9 Å². The normalized spacial score (nSPS) is 15.8. The number of furan rings is 1. The summed E-state index contributed by atoms with van der Waals surface area (Å²) in [6.45, 7) is 5.75. The second-order valence-corrected chi connectivity index (χ2v) is 10.5. The lowest BCUT2D eigenvalue weighted by Crippen LogP contribution is -2.38. The van der Waals surface area contributed by atoms with Gasteiger partial charge >= 0.3 is 0 Å². The summed E-state index contributed by atoms with van der Waals surface area (Å²) in [5.74, 6) is 1.56. The number of amides is 1. The molecule has 38 heavy (non-hydrogen) atoms. The first kappa shape index (κ1) is 29.6. The third kappa shape index (κ3) is 7.56. The van der Waals surface area contributed by atoms with E-state index in [-0.39, 0.29) is 25.4 Å². The van der Waals surface area contributed by atoms with E-state index >= 15 is 0 Å². The number of sulfonamides is 1. The van der Waals surface area contributed by atoms with E-state index < -0.39 is 10.0 Å². The highest BCUT2D eigenvalue weighted by atomic mass is 35.5. The summed E-state index contributed by atoms with van der Waals surface area (Å²) >= 11 is 0. The van der Waals surface area contributed by atoms with Crippen molar-refractivity contribution in [2.45, 2.75) is 17.9 Å². The fourth-order valence-corrected chi connectivity index (χ4v) is 5.64. The fourth-order valence-electron chi connectivity index (χ4n) is 4.25. The van der Waals surface area contributed by atoms with E-state index in [0.29, 0.717) is 24.5 Å². The topological polar surface area (TPSA) is 122 Å². The Hall–Kier alpha value is -2.93. The number of benzene rings is 2. The van der Waals surface area contributed by atoms with E-state index in [0.717, 1.165) is 61.0 Å². The number of hydroxylamine groups is 1. The van der Waals surface area contributed by atoms with Crippen molar-refractivity contribution in [1.82, 2.24) is 14.7 Å². The number of carbonyl (C=O) groups is 1. The first-order valence-corrected chi connectivity index (χ1v) is 13.5. The first-order valence-electron chi connectivity index (χ1n) is 12.0. The Morgan fingerprint density at radius 3 is 2.24 bits per heavy atom. The van der Waals surface area contributed by atoms with Gasteiger partial charge in [-0.05, 0) is 53.4 Å². The molecule has 2 aliphatic heterocycles. The van der Waals surface area contributed by atoms with Gasteiger partial charge in [0.15, 0.2) is 0 Å². The molecule has 10 nitrogen and oxygen atoms in total. The number of hydrogen-bond acceptors (Lipinski definition) is 8. The van der Waals surface area contributed by atoms with Crippen LogP contribution in [-0.4, -0.2) is 75.2 Å². The molecule has 206 valence electrons. The molecule has 2 N–H and O–H groups in total. The van der Waals surface area contributed by atoms with Crippen molar-refractivity contribution in [2.75, 3.05) is 46.0 Å². The van der Waals surface area contributed by atoms with Crippen molar-refractivity contribution in [1.29, 1.82) is 0 Å². The molecule has 1 fully saturated rings. The van der Waals surface area contributed by atoms with Crippen LogP contribution in [0.2, 0.25) is 0 Å². The average Bonchev–Trinajstić information content (AvgIpc) is 3.42. The molecule has 1 amide bonds. The number of nitrogens with zero attached hydrogens (tertiary/aromatic N) is 2. The predicted octanol–water partition coefficient (Wildman–Crippen LogP) is 2.95. The van der Waals surface area contributed by atoms with Gasteiger partial charge in [0.05, 0.1) is 30.9 Å². The number of carbonyl (C=O) groups excluding carboxylic acids is 1. The Morgan fingerprint density at radius 1 is 0.974 bits per heavy atom. The zero-order valence-corrected chi connectivity index (χ0v) is 22.5. The van der Waals surface area contributed by atoms with Crippen LogP contribution in [0, 0.1) is 0 Å². The molecular weight excluding hydrogens is 534 g/mol. The van der Waals surface area contributed by atoms with Crippen LogP contribution in [-0.2, 0) is 32.5 Å². The highest BCUT2D eigenvalue weighted by Gasteiger charge is 2.29. The third-order valence-corrected chi connectivity index (χ3v) is 8.16. The molecule has 0 atom stereocenters. The lowest BCUT2D eigenvalue weighted by atomic mass is 10.1. The number of rotatable bonds is 8. The van der Waals surface area contributed by atoms with Gasteiger partial charge in [0.25, 0.3) is 0 Å². The zero-order chi connectivity index (χ0) is 26.1. The van der Waals surface area contributed by atoms with Crippen LogP contribution < -0.4 is 10.2 Å². The van der Waals surface area contributed by atoms with E-state index in [1.165, 1.54) is 9.79 Å². The van der Waals surface area contributed by atoms with Gasteiger partial charge in [0, 0.05) is 26.2 Å². The van der Waals surface area contributed by atoms with Crippen molar-refractivity contribution >= 4 is 28.8 Å². The number of halogens is 1. The van der Waals surface area contributed by atoms with E-state index in [2.05, 4.69) is 4.90 Å². The second kappa shape index (κ2) is 14.3. The summed E-state index contributed by atoms with van der Waals surface area (Å²) in [7, 11) is -3.57. The van der Waals surface area contributed by atoms with Gasteiger partial charge in [-0.1, -0.05) is 24.3 Å². The van der Waals surface area contributed by atoms with Crippen molar-refractivity contribution < 1.29 is 32.3 Å². The smallest absolute Gasteiger partial charge is 0.243 e. The van der Waals surface area contributed by atoms with Crippen LogP contribution in [0.5, 0.6) is 5.75 Å². The zero-order valence-electron chi connectivity index (χ0n) is 20.8. The molecule has 1 aromatic heterocycles. The maximum atomic E-state index is 13.1. The van der Waals surface area contributed by atoms with Gasteiger partial charge < -0.3 is 13.9 Å². The van der Waals surface area contributed by atoms with E-state index in [1.807, 2.05) is 42.5 Å². The van der Waals surface area contributed by atoms with E-state index in [4.69, 9.17) is 23.9 Å². The van der Waals surface area contributed by atoms with Crippen molar-refractivity contribution in [2.24, 2.45) is 0 Å². The minimum Gasteiger partial charge on any atom is -0.492 e. The molecule has 3 heterocycles. The third-order valence-electron chi connectivity index (χ3n) is 6.30. The van der Waals surface area contributed by atoms with Crippen molar-refractivity contribution in [3.63, 3.8) is 0 Å². The minimum absolute atomic E-state index is 0. The standard InChI is InChI=1S/C25H28N2O5S.CH3NO2.ClH/c28-33(29,27-11-9-22-10-15-32-25(22)19-27)24-7-3-21(4-8-24)20-1-5-23(6-2-20)31-18-14-26-12-16-30-17-13-26;3-1-2-4;/h1-8,10,15H,9,11-14,16-19H2;1,4H,(H,2,3);1H. The van der Waals surface area contributed by atoms with Crippen LogP contribution >= 0.6 is 12.4 Å². The number of morpholine rings is 1. The molecule has 0 radical (unpaired) electrons. The summed E-state index contributed by atoms with van der Waals surface area (Å²) in [5, 5.41) is 7.26. The Labute approximate surface area is 228 Å². The second-order valence-electron chi connectivity index (χ2n) is 8.56. The molecule has 1 saturated heterocycles. The molecule has 2 aliphatic rings. The van der Waals surface area contributed by atoms with Crippen LogP contribution in [0.3, 0.4) is 0 Å². The molecule has 3 aromatic rings. The molecule has 5 rings (SSSR count). The van der Waals surface area contributed by atoms with Gasteiger partial charge in [0.2, 0.25) is 16.4 Å². The summed E-state index contributed by atoms with van der Waals surface area (Å²) in [5.41, 5.74) is 4.31. The number of ether oxygens (including phenoxy) is 2. The molecule has 0 unspecified atom stereocenters. The monoisotopic (exact) mass is 565 g/mol. The maximum Gasteiger partial charge on any atom is 0.243 e. The fraction of sp³-hybridized carbons (Fsp3) is 0.346. The lowest BCUT2D eigenvalue weighted by molar-refractivity contribution is -0.116. The first-order chi connectivity index (χ1) is 18.0. The SMILES string of the molecule is Cl.O=CNO.O=S(=O)(c1ccc(-c2ccc(OCCN3CCOCC3)cc2)cc1)N1CCc2ccoc2C1. The summed E-state index contributed by atoms with van der Waals surface area (Å²) in [6.07, 6.45) is 2.47. The lowest BCUT2D eigenvalue weighted by Gasteiger charge is -2.26. The molecule has 2 aromatic carbocycles. The van der Waals surface area contributed by atoms with E-state index in [1.54, 1.807) is 18.4 Å². The number of fused-ring (bicyclic) bond motifs is 1. The molecule has 0 bridgehead atoms. The van der Waals surface area contributed by atoms with E-state index in [9.17, 15) is 8.42 Å². The summed E-state index contributed by atoms with van der Waals surface area (Å²) in [6, 6.07) is 16.9. The average molecular weight is 566 g/mol. The Bertz CT molecular complexity index is 1240. The van der Waals surface area contributed by atoms with Gasteiger partial charge in [-0.3, -0.25) is 14.9 Å². The molecule has 0 aliphatic carbocycles. The highest BCUT2D eigenvalue weighted by molar-refractivity contribution is 7.89. The molecule has 12 heteroatoms. The molecule has 0 spiro atoms. The van der Waals surface area contributed by atoms with Gasteiger partial charge in [0.1, 0.15) is 18.1 Å². The van der Waals surface area contributed by atoms with Gasteiger partial charge in [-0.2, -0.15) is 4.31 Å². The van der Waals surface area contributed by atoms with Gasteiger partial charge in [-0.25, -0.2) is 13.9 Å². The van der Waals surface area contributed by atoms with Crippen LogP contribution in [0.4, 0.5) is 0 Å². The summed E-state index contributed by atoms with van der Waals surface area (Å²) in [4.78, 5) is 11.4. The Balaban J connectivity index is 0.000000749. The number of nitrogens with one attached hydrogen (secondary N) is 1. The van der Waals surface area contributed by atoms with Gasteiger partial charge in [-0.15, -0.1) is 12.4 Å². The predicted molar refractivity (Wildman–Crippen MR) is 143 cm³/mol. The largest absolute Gasteiger partial charge is 0.492 e. The highest BCUT2D eigenvalue weighted by Crippen LogP contribution is 2.28.